The van der Waals surface area contributed by atoms with E-state index in [-0.39, 0.29) is 18.1 Å². The van der Waals surface area contributed by atoms with Gasteiger partial charge in [0.1, 0.15) is 4.83 Å². The van der Waals surface area contributed by atoms with Crippen LogP contribution in [0.1, 0.15) is 15.9 Å². The van der Waals surface area contributed by atoms with Crippen molar-refractivity contribution in [3.8, 4) is 0 Å². The Hall–Kier alpha value is -1.96. The van der Waals surface area contributed by atoms with Crippen molar-refractivity contribution in [3.05, 3.63) is 39.4 Å². The molecule has 1 unspecified atom stereocenters. The van der Waals surface area contributed by atoms with Crippen molar-refractivity contribution in [2.75, 3.05) is 20.2 Å². The van der Waals surface area contributed by atoms with Crippen LogP contribution in [0, 0.1) is 10.1 Å². The summed E-state index contributed by atoms with van der Waals surface area (Å²) in [5, 5.41) is 10.8. The first-order chi connectivity index (χ1) is 9.93. The van der Waals surface area contributed by atoms with Crippen molar-refractivity contribution in [3.63, 3.8) is 0 Å². The molecular weight excluding hydrogens is 344 g/mol. The van der Waals surface area contributed by atoms with E-state index >= 15 is 0 Å². The van der Waals surface area contributed by atoms with Gasteiger partial charge >= 0.3 is 5.97 Å². The fraction of sp³-hybridized carbons (Fsp3) is 0.385. The smallest absolute Gasteiger partial charge is 0.321 e. The number of rotatable bonds is 4. The molecule has 8 heteroatoms. The summed E-state index contributed by atoms with van der Waals surface area (Å²) in [4.78, 5) is 34.9. The van der Waals surface area contributed by atoms with Gasteiger partial charge in [-0.15, -0.1) is 0 Å². The van der Waals surface area contributed by atoms with E-state index in [1.54, 1.807) is 6.07 Å². The van der Waals surface area contributed by atoms with E-state index in [1.165, 1.54) is 24.1 Å². The lowest BCUT2D eigenvalue weighted by Gasteiger charge is -2.29. The third kappa shape index (κ3) is 3.21. The molecule has 1 atom stereocenters. The Kier molecular flexibility index (Phi) is 4.56. The van der Waals surface area contributed by atoms with Gasteiger partial charge in [-0.2, -0.15) is 0 Å². The number of hydrogen-bond acceptors (Lipinski definition) is 5. The second-order valence-electron chi connectivity index (χ2n) is 4.59. The molecule has 0 N–H and O–H groups in total. The fourth-order valence-electron chi connectivity index (χ4n) is 2.19. The van der Waals surface area contributed by atoms with Crippen LogP contribution >= 0.6 is 15.9 Å². The van der Waals surface area contributed by atoms with Crippen LogP contribution in [0.25, 0.3) is 0 Å². The highest BCUT2D eigenvalue weighted by Crippen LogP contribution is 2.24. The van der Waals surface area contributed by atoms with Gasteiger partial charge in [0.15, 0.2) is 0 Å². The second kappa shape index (κ2) is 6.21. The molecule has 1 aliphatic heterocycles. The summed E-state index contributed by atoms with van der Waals surface area (Å²) in [6, 6.07) is 4.28. The number of hydrogen-bond donors (Lipinski definition) is 0. The van der Waals surface area contributed by atoms with Gasteiger partial charge in [-0.05, 0) is 12.0 Å². The number of fused-ring (bicyclic) bond motifs is 1. The Morgan fingerprint density at radius 3 is 2.90 bits per heavy atom. The average Bonchev–Trinajstić information content (AvgIpc) is 2.48. The highest BCUT2D eigenvalue weighted by molar-refractivity contribution is 9.10. The number of nitro benzene ring substituents is 1. The van der Waals surface area contributed by atoms with Crippen molar-refractivity contribution in [2.24, 2.45) is 0 Å². The Labute approximate surface area is 129 Å². The lowest BCUT2D eigenvalue weighted by atomic mass is 9.98. The first kappa shape index (κ1) is 15.4. The fourth-order valence-corrected chi connectivity index (χ4v) is 2.73. The van der Waals surface area contributed by atoms with Crippen LogP contribution in [0.5, 0.6) is 0 Å². The first-order valence-corrected chi connectivity index (χ1v) is 7.14. The third-order valence-corrected chi connectivity index (χ3v) is 3.97. The summed E-state index contributed by atoms with van der Waals surface area (Å²) in [7, 11) is 1.27. The minimum Gasteiger partial charge on any atom is -0.468 e. The number of ether oxygens (including phenoxy) is 1. The van der Waals surface area contributed by atoms with Crippen LogP contribution in [0.15, 0.2) is 18.2 Å². The molecular formula is C13H13BrN2O5. The second-order valence-corrected chi connectivity index (χ2v) is 5.70. The SMILES string of the molecule is COC(=O)C(Br)CN1CCc2ccc([N+](=O)[O-])cc2C1=O. The molecule has 1 aliphatic rings. The molecule has 2 rings (SSSR count). The van der Waals surface area contributed by atoms with Crippen molar-refractivity contribution in [2.45, 2.75) is 11.2 Å². The van der Waals surface area contributed by atoms with Gasteiger partial charge in [-0.25, -0.2) is 0 Å². The summed E-state index contributed by atoms with van der Waals surface area (Å²) < 4.78 is 4.60. The molecule has 0 spiro atoms. The zero-order valence-electron chi connectivity index (χ0n) is 11.2. The van der Waals surface area contributed by atoms with Crippen molar-refractivity contribution in [1.82, 2.24) is 4.90 Å². The molecule has 7 nitrogen and oxygen atoms in total. The zero-order chi connectivity index (χ0) is 15.6. The van der Waals surface area contributed by atoms with E-state index in [0.717, 1.165) is 5.56 Å². The van der Waals surface area contributed by atoms with E-state index < -0.39 is 15.7 Å². The minimum absolute atomic E-state index is 0.118. The summed E-state index contributed by atoms with van der Waals surface area (Å²) in [6.45, 7) is 0.621. The molecule has 1 amide bonds. The molecule has 0 aromatic heterocycles. The summed E-state index contributed by atoms with van der Waals surface area (Å²) in [5.41, 5.74) is 0.985. The largest absolute Gasteiger partial charge is 0.468 e. The standard InChI is InChI=1S/C13H13BrN2O5/c1-21-13(18)11(14)7-15-5-4-8-2-3-9(16(19)20)6-10(8)12(15)17/h2-3,6,11H,4-5,7H2,1H3. The minimum atomic E-state index is -0.619. The number of nitrogens with zero attached hydrogens (tertiary/aromatic N) is 2. The maximum Gasteiger partial charge on any atom is 0.321 e. The van der Waals surface area contributed by atoms with Gasteiger partial charge < -0.3 is 9.64 Å². The maximum atomic E-state index is 12.4. The number of nitro groups is 1. The molecule has 0 aliphatic carbocycles. The van der Waals surface area contributed by atoms with Crippen LogP contribution < -0.4 is 0 Å². The van der Waals surface area contributed by atoms with Gasteiger partial charge in [0.05, 0.1) is 12.0 Å². The van der Waals surface area contributed by atoms with E-state index in [1.807, 2.05) is 0 Å². The molecule has 0 saturated carbocycles. The van der Waals surface area contributed by atoms with Gasteiger partial charge in [0.25, 0.3) is 11.6 Å². The van der Waals surface area contributed by atoms with Crippen molar-refractivity contribution < 1.29 is 19.2 Å². The number of methoxy groups -OCH3 is 1. The Morgan fingerprint density at radius 2 is 2.29 bits per heavy atom. The Balaban J connectivity index is 2.21. The number of carbonyl (C=O) groups is 2. The Morgan fingerprint density at radius 1 is 1.57 bits per heavy atom. The number of esters is 1. The maximum absolute atomic E-state index is 12.4. The number of non-ortho nitro benzene ring substituents is 1. The molecule has 0 fully saturated rings. The first-order valence-electron chi connectivity index (χ1n) is 6.22. The Bertz CT molecular complexity index is 604. The lowest BCUT2D eigenvalue weighted by Crippen LogP contribution is -2.42. The van der Waals surface area contributed by atoms with E-state index in [9.17, 15) is 19.7 Å². The molecule has 1 aromatic rings. The molecule has 0 bridgehead atoms. The average molecular weight is 357 g/mol. The molecule has 0 saturated heterocycles. The zero-order valence-corrected chi connectivity index (χ0v) is 12.8. The molecule has 112 valence electrons. The van der Waals surface area contributed by atoms with E-state index in [0.29, 0.717) is 18.5 Å². The van der Waals surface area contributed by atoms with Crippen LogP contribution in [0.2, 0.25) is 0 Å². The van der Waals surface area contributed by atoms with Crippen molar-refractivity contribution in [1.29, 1.82) is 0 Å². The number of halogens is 1. The van der Waals surface area contributed by atoms with Crippen molar-refractivity contribution >= 4 is 33.5 Å². The monoisotopic (exact) mass is 356 g/mol. The number of carbonyl (C=O) groups excluding carboxylic acids is 2. The van der Waals surface area contributed by atoms with E-state index in [2.05, 4.69) is 20.7 Å². The predicted molar refractivity (Wildman–Crippen MR) is 77.4 cm³/mol. The van der Waals surface area contributed by atoms with Gasteiger partial charge in [-0.3, -0.25) is 19.7 Å². The summed E-state index contributed by atoms with van der Waals surface area (Å²) >= 11 is 3.17. The molecule has 1 aromatic carbocycles. The van der Waals surface area contributed by atoms with Crippen LogP contribution in [-0.2, 0) is 16.0 Å². The van der Waals surface area contributed by atoms with Gasteiger partial charge in [0.2, 0.25) is 0 Å². The van der Waals surface area contributed by atoms with Crippen LogP contribution in [-0.4, -0.2) is 46.7 Å². The molecule has 0 radical (unpaired) electrons. The van der Waals surface area contributed by atoms with E-state index in [4.69, 9.17) is 0 Å². The normalized spacial score (nSPS) is 15.3. The number of alkyl halides is 1. The summed E-state index contributed by atoms with van der Waals surface area (Å²) in [6.07, 6.45) is 0.597. The number of amides is 1. The third-order valence-electron chi connectivity index (χ3n) is 3.31. The van der Waals surface area contributed by atoms with Crippen LogP contribution in [0.3, 0.4) is 0 Å². The lowest BCUT2D eigenvalue weighted by molar-refractivity contribution is -0.384. The van der Waals surface area contributed by atoms with Gasteiger partial charge in [0, 0.05) is 30.8 Å². The topological polar surface area (TPSA) is 89.8 Å². The molecule has 21 heavy (non-hydrogen) atoms. The highest BCUT2D eigenvalue weighted by atomic mass is 79.9. The number of benzene rings is 1. The van der Waals surface area contributed by atoms with Crippen LogP contribution in [0.4, 0.5) is 5.69 Å². The molecule has 1 heterocycles. The highest BCUT2D eigenvalue weighted by Gasteiger charge is 2.29. The quantitative estimate of drug-likeness (QED) is 0.353. The van der Waals surface area contributed by atoms with Gasteiger partial charge in [-0.1, -0.05) is 22.0 Å². The summed E-state index contributed by atoms with van der Waals surface area (Å²) in [5.74, 6) is -0.777. The predicted octanol–water partition coefficient (Wildman–Crippen LogP) is 1.53.